The van der Waals surface area contributed by atoms with Crippen LogP contribution in [0.2, 0.25) is 0 Å². The van der Waals surface area contributed by atoms with Crippen molar-refractivity contribution in [3.8, 4) is 0 Å². The summed E-state index contributed by atoms with van der Waals surface area (Å²) in [5.74, 6) is 0.187. The smallest absolute Gasteiger partial charge is 0.175 e. The van der Waals surface area contributed by atoms with E-state index in [4.69, 9.17) is 0 Å². The normalized spacial score (nSPS) is 13.8. The first-order valence-electron chi connectivity index (χ1n) is 8.52. The van der Waals surface area contributed by atoms with Crippen molar-refractivity contribution < 1.29 is 16.8 Å². The maximum absolute atomic E-state index is 12.2. The highest BCUT2D eigenvalue weighted by Crippen LogP contribution is 2.28. The number of hydrogen-bond acceptors (Lipinski definition) is 4. The highest BCUT2D eigenvalue weighted by Gasteiger charge is 2.18. The SMILES string of the molecule is CC(C)c1ccc(C[C@H](C)c2cccc(S(C)(=O)=O)c2)cc1S(C)(=O)=O. The summed E-state index contributed by atoms with van der Waals surface area (Å²) in [6.45, 7) is 5.96. The topological polar surface area (TPSA) is 68.3 Å². The minimum absolute atomic E-state index is 0.0639. The largest absolute Gasteiger partial charge is 0.224 e. The first-order chi connectivity index (χ1) is 11.9. The fourth-order valence-electron chi connectivity index (χ4n) is 3.03. The van der Waals surface area contributed by atoms with Gasteiger partial charge < -0.3 is 0 Å². The molecular formula is C20H26O4S2. The lowest BCUT2D eigenvalue weighted by atomic mass is 9.92. The molecule has 0 radical (unpaired) electrons. The van der Waals surface area contributed by atoms with E-state index in [1.807, 2.05) is 39.0 Å². The van der Waals surface area contributed by atoms with E-state index < -0.39 is 19.7 Å². The van der Waals surface area contributed by atoms with Crippen molar-refractivity contribution in [3.63, 3.8) is 0 Å². The molecule has 0 saturated carbocycles. The summed E-state index contributed by atoms with van der Waals surface area (Å²) in [5, 5.41) is 0. The standard InChI is InChI=1S/C20H26O4S2/c1-14(2)19-10-9-16(12-20(19)26(5,23)24)11-15(3)17-7-6-8-18(13-17)25(4,21)22/h6-10,12-15H,11H2,1-5H3/t15-/m0/s1. The number of rotatable bonds is 6. The van der Waals surface area contributed by atoms with Crippen molar-refractivity contribution in [2.24, 2.45) is 0 Å². The van der Waals surface area contributed by atoms with Crippen LogP contribution in [0.15, 0.2) is 52.3 Å². The van der Waals surface area contributed by atoms with Crippen molar-refractivity contribution >= 4 is 19.7 Å². The van der Waals surface area contributed by atoms with Gasteiger partial charge in [0.1, 0.15) is 0 Å². The molecular weight excluding hydrogens is 368 g/mol. The Morgan fingerprint density at radius 2 is 1.50 bits per heavy atom. The van der Waals surface area contributed by atoms with Gasteiger partial charge in [-0.3, -0.25) is 0 Å². The van der Waals surface area contributed by atoms with E-state index in [-0.39, 0.29) is 11.8 Å². The lowest BCUT2D eigenvalue weighted by molar-refractivity contribution is 0.598. The first kappa shape index (κ1) is 20.6. The molecule has 0 N–H and O–H groups in total. The minimum atomic E-state index is -3.31. The van der Waals surface area contributed by atoms with Gasteiger partial charge in [-0.05, 0) is 53.1 Å². The third kappa shape index (κ3) is 4.95. The average molecular weight is 395 g/mol. The van der Waals surface area contributed by atoms with Gasteiger partial charge in [-0.25, -0.2) is 16.8 Å². The zero-order valence-electron chi connectivity index (χ0n) is 15.9. The van der Waals surface area contributed by atoms with Crippen LogP contribution in [-0.2, 0) is 26.1 Å². The second-order valence-corrected chi connectivity index (χ2v) is 11.2. The van der Waals surface area contributed by atoms with Crippen LogP contribution < -0.4 is 0 Å². The summed E-state index contributed by atoms with van der Waals surface area (Å²) < 4.78 is 47.8. The maximum Gasteiger partial charge on any atom is 0.175 e. The Morgan fingerprint density at radius 1 is 0.846 bits per heavy atom. The van der Waals surface area contributed by atoms with Gasteiger partial charge in [0.15, 0.2) is 19.7 Å². The molecule has 0 aromatic heterocycles. The highest BCUT2D eigenvalue weighted by molar-refractivity contribution is 7.91. The van der Waals surface area contributed by atoms with Gasteiger partial charge >= 0.3 is 0 Å². The summed E-state index contributed by atoms with van der Waals surface area (Å²) in [4.78, 5) is 0.677. The quantitative estimate of drug-likeness (QED) is 0.744. The molecule has 0 aliphatic heterocycles. The summed E-state index contributed by atoms with van der Waals surface area (Å²) in [6, 6.07) is 12.5. The van der Waals surface area contributed by atoms with E-state index in [0.717, 1.165) is 16.7 Å². The Morgan fingerprint density at radius 3 is 2.04 bits per heavy atom. The molecule has 0 amide bonds. The second kappa shape index (κ2) is 7.53. The molecule has 1 atom stereocenters. The Bertz CT molecular complexity index is 1000. The number of hydrogen-bond donors (Lipinski definition) is 0. The van der Waals surface area contributed by atoms with Crippen molar-refractivity contribution in [1.82, 2.24) is 0 Å². The Kier molecular flexibility index (Phi) is 5.98. The molecule has 4 nitrogen and oxygen atoms in total. The number of benzene rings is 2. The molecule has 0 heterocycles. The third-order valence-corrected chi connectivity index (χ3v) is 6.76. The molecule has 2 aromatic carbocycles. The average Bonchev–Trinajstić information content (AvgIpc) is 2.53. The van der Waals surface area contributed by atoms with Gasteiger partial charge in [0, 0.05) is 12.5 Å². The predicted octanol–water partition coefficient (Wildman–Crippen LogP) is 3.96. The number of sulfone groups is 2. The highest BCUT2D eigenvalue weighted by atomic mass is 32.2. The van der Waals surface area contributed by atoms with Gasteiger partial charge in [-0.1, -0.05) is 45.0 Å². The summed E-state index contributed by atoms with van der Waals surface area (Å²) in [6.07, 6.45) is 3.06. The van der Waals surface area contributed by atoms with Crippen LogP contribution in [0.3, 0.4) is 0 Å². The molecule has 2 rings (SSSR count). The molecule has 6 heteroatoms. The van der Waals surface area contributed by atoms with Crippen LogP contribution in [0.5, 0.6) is 0 Å². The monoisotopic (exact) mass is 394 g/mol. The van der Waals surface area contributed by atoms with Gasteiger partial charge in [0.25, 0.3) is 0 Å². The molecule has 0 unspecified atom stereocenters. The van der Waals surface area contributed by atoms with Crippen LogP contribution in [0.1, 0.15) is 49.3 Å². The van der Waals surface area contributed by atoms with E-state index in [9.17, 15) is 16.8 Å². The predicted molar refractivity (Wildman–Crippen MR) is 105 cm³/mol. The molecule has 0 bridgehead atoms. The molecule has 0 saturated heterocycles. The third-order valence-electron chi connectivity index (χ3n) is 4.50. The second-order valence-electron chi connectivity index (χ2n) is 7.25. The summed E-state index contributed by atoms with van der Waals surface area (Å²) >= 11 is 0. The van der Waals surface area contributed by atoms with Crippen LogP contribution >= 0.6 is 0 Å². The van der Waals surface area contributed by atoms with E-state index in [1.54, 1.807) is 24.3 Å². The molecule has 2 aromatic rings. The van der Waals surface area contributed by atoms with Gasteiger partial charge in [-0.15, -0.1) is 0 Å². The zero-order chi connectivity index (χ0) is 19.7. The fraction of sp³-hybridized carbons (Fsp3) is 0.400. The minimum Gasteiger partial charge on any atom is -0.224 e. The van der Waals surface area contributed by atoms with E-state index in [1.165, 1.54) is 12.5 Å². The lowest BCUT2D eigenvalue weighted by Gasteiger charge is -2.16. The van der Waals surface area contributed by atoms with Crippen LogP contribution in [0.4, 0.5) is 0 Å². The molecule has 142 valence electrons. The van der Waals surface area contributed by atoms with Gasteiger partial charge in [0.05, 0.1) is 9.79 Å². The Balaban J connectivity index is 2.37. The van der Waals surface area contributed by atoms with E-state index in [0.29, 0.717) is 16.2 Å². The van der Waals surface area contributed by atoms with Crippen LogP contribution in [0.25, 0.3) is 0 Å². The Hall–Kier alpha value is -1.66. The van der Waals surface area contributed by atoms with Crippen LogP contribution in [-0.4, -0.2) is 29.3 Å². The molecule has 0 aliphatic rings. The van der Waals surface area contributed by atoms with Crippen molar-refractivity contribution in [1.29, 1.82) is 0 Å². The van der Waals surface area contributed by atoms with E-state index in [2.05, 4.69) is 0 Å². The zero-order valence-corrected chi connectivity index (χ0v) is 17.5. The lowest BCUT2D eigenvalue weighted by Crippen LogP contribution is -2.07. The first-order valence-corrected chi connectivity index (χ1v) is 12.3. The molecule has 0 aliphatic carbocycles. The van der Waals surface area contributed by atoms with Gasteiger partial charge in [0.2, 0.25) is 0 Å². The fourth-order valence-corrected chi connectivity index (χ4v) is 4.80. The maximum atomic E-state index is 12.2. The molecule has 26 heavy (non-hydrogen) atoms. The Labute approximate surface area is 157 Å². The summed E-state index contributed by atoms with van der Waals surface area (Å²) in [7, 11) is -6.56. The van der Waals surface area contributed by atoms with Crippen molar-refractivity contribution in [2.45, 2.75) is 48.8 Å². The van der Waals surface area contributed by atoms with Crippen molar-refractivity contribution in [3.05, 3.63) is 59.2 Å². The molecule has 0 spiro atoms. The summed E-state index contributed by atoms with van der Waals surface area (Å²) in [5.41, 5.74) is 2.66. The van der Waals surface area contributed by atoms with Crippen molar-refractivity contribution in [2.75, 3.05) is 12.5 Å². The van der Waals surface area contributed by atoms with E-state index >= 15 is 0 Å². The molecule has 0 fully saturated rings. The van der Waals surface area contributed by atoms with Gasteiger partial charge in [-0.2, -0.15) is 0 Å². The van der Waals surface area contributed by atoms with Crippen LogP contribution in [0, 0.1) is 0 Å².